The Morgan fingerprint density at radius 1 is 1.18 bits per heavy atom. The lowest BCUT2D eigenvalue weighted by Gasteiger charge is -2.31. The number of nitrogens with one attached hydrogen (secondary N) is 1. The first-order valence-corrected chi connectivity index (χ1v) is 5.54. The molecule has 1 aromatic carbocycles. The Morgan fingerprint density at radius 3 is 2.24 bits per heavy atom. The Balaban J connectivity index is 1.86. The zero-order chi connectivity index (χ0) is 12.5. The van der Waals surface area contributed by atoms with Crippen LogP contribution in [0.1, 0.15) is 18.4 Å². The summed E-state index contributed by atoms with van der Waals surface area (Å²) in [5, 5.41) is 12.2. The third-order valence-electron chi connectivity index (χ3n) is 3.02. The molecular weight excluding hydrogens is 231 g/mol. The largest absolute Gasteiger partial charge is 0.416 e. The highest BCUT2D eigenvalue weighted by atomic mass is 19.4. The van der Waals surface area contributed by atoms with E-state index in [1.807, 2.05) is 0 Å². The standard InChI is InChI=1S/C12H14F3NO/c13-12(14,15)9-1-3-10(4-2-9)16-7-8-5-11(17)6-8/h1-4,8,11,16-17H,5-7H2. The summed E-state index contributed by atoms with van der Waals surface area (Å²) >= 11 is 0. The Labute approximate surface area is 97.5 Å². The lowest BCUT2D eigenvalue weighted by atomic mass is 9.82. The molecule has 0 amide bonds. The maximum absolute atomic E-state index is 12.3. The molecule has 1 aliphatic carbocycles. The summed E-state index contributed by atoms with van der Waals surface area (Å²) in [6.45, 7) is 0.697. The molecule has 0 heterocycles. The van der Waals surface area contributed by atoms with E-state index < -0.39 is 11.7 Å². The molecule has 17 heavy (non-hydrogen) atoms. The first-order chi connectivity index (χ1) is 7.95. The topological polar surface area (TPSA) is 32.3 Å². The summed E-state index contributed by atoms with van der Waals surface area (Å²) in [5.74, 6) is 0.423. The quantitative estimate of drug-likeness (QED) is 0.858. The lowest BCUT2D eigenvalue weighted by molar-refractivity contribution is -0.137. The van der Waals surface area contributed by atoms with Gasteiger partial charge in [0, 0.05) is 12.2 Å². The molecule has 0 aromatic heterocycles. The van der Waals surface area contributed by atoms with E-state index in [-0.39, 0.29) is 6.10 Å². The van der Waals surface area contributed by atoms with Gasteiger partial charge in [0.05, 0.1) is 11.7 Å². The molecule has 1 fully saturated rings. The first-order valence-electron chi connectivity index (χ1n) is 5.54. The predicted molar refractivity (Wildman–Crippen MR) is 58.7 cm³/mol. The fourth-order valence-electron chi connectivity index (χ4n) is 1.91. The van der Waals surface area contributed by atoms with Gasteiger partial charge in [0.2, 0.25) is 0 Å². The Hall–Kier alpha value is -1.23. The fraction of sp³-hybridized carbons (Fsp3) is 0.500. The van der Waals surface area contributed by atoms with E-state index in [0.29, 0.717) is 18.2 Å². The molecule has 1 aromatic rings. The number of benzene rings is 1. The maximum Gasteiger partial charge on any atom is 0.416 e. The molecule has 0 spiro atoms. The van der Waals surface area contributed by atoms with Crippen molar-refractivity contribution in [2.75, 3.05) is 11.9 Å². The summed E-state index contributed by atoms with van der Waals surface area (Å²) < 4.78 is 36.9. The molecule has 0 radical (unpaired) electrons. The lowest BCUT2D eigenvalue weighted by Crippen LogP contribution is -2.33. The highest BCUT2D eigenvalue weighted by molar-refractivity contribution is 5.45. The number of hydrogen-bond acceptors (Lipinski definition) is 2. The van der Waals surface area contributed by atoms with Crippen LogP contribution in [0.25, 0.3) is 0 Å². The number of rotatable bonds is 3. The molecule has 0 bridgehead atoms. The van der Waals surface area contributed by atoms with Gasteiger partial charge in [-0.2, -0.15) is 13.2 Å². The number of anilines is 1. The Morgan fingerprint density at radius 2 is 1.76 bits per heavy atom. The molecule has 94 valence electrons. The van der Waals surface area contributed by atoms with Crippen LogP contribution in [0.3, 0.4) is 0 Å². The van der Waals surface area contributed by atoms with E-state index in [1.54, 1.807) is 0 Å². The van der Waals surface area contributed by atoms with Gasteiger partial charge in [-0.3, -0.25) is 0 Å². The number of hydrogen-bond donors (Lipinski definition) is 2. The zero-order valence-corrected chi connectivity index (χ0v) is 9.17. The molecule has 2 nitrogen and oxygen atoms in total. The molecule has 5 heteroatoms. The van der Waals surface area contributed by atoms with Crippen molar-refractivity contribution in [1.82, 2.24) is 0 Å². The van der Waals surface area contributed by atoms with E-state index >= 15 is 0 Å². The SMILES string of the molecule is OC1CC(CNc2ccc(C(F)(F)F)cc2)C1. The summed E-state index contributed by atoms with van der Waals surface area (Å²) in [4.78, 5) is 0. The summed E-state index contributed by atoms with van der Waals surface area (Å²) in [5.41, 5.74) is 0.0431. The monoisotopic (exact) mass is 245 g/mol. The highest BCUT2D eigenvalue weighted by Gasteiger charge is 2.30. The number of aliphatic hydroxyl groups is 1. The van der Waals surface area contributed by atoms with Crippen LogP contribution in [0.4, 0.5) is 18.9 Å². The molecule has 1 saturated carbocycles. The molecular formula is C12H14F3NO. The predicted octanol–water partition coefficient (Wildman–Crippen LogP) is 2.89. The van der Waals surface area contributed by atoms with Gasteiger partial charge in [-0.1, -0.05) is 0 Å². The van der Waals surface area contributed by atoms with E-state index in [1.165, 1.54) is 12.1 Å². The van der Waals surface area contributed by atoms with Crippen molar-refractivity contribution in [2.24, 2.45) is 5.92 Å². The Bertz CT molecular complexity index is 368. The van der Waals surface area contributed by atoms with Crippen LogP contribution in [-0.4, -0.2) is 17.8 Å². The Kier molecular flexibility index (Phi) is 3.28. The second-order valence-electron chi connectivity index (χ2n) is 4.45. The van der Waals surface area contributed by atoms with Gasteiger partial charge in [-0.25, -0.2) is 0 Å². The van der Waals surface area contributed by atoms with Crippen LogP contribution >= 0.6 is 0 Å². The molecule has 0 saturated heterocycles. The van der Waals surface area contributed by atoms with Crippen LogP contribution in [0.2, 0.25) is 0 Å². The first kappa shape index (κ1) is 12.2. The average Bonchev–Trinajstić information content (AvgIpc) is 2.22. The minimum atomic E-state index is -4.28. The molecule has 1 aliphatic rings. The summed E-state index contributed by atoms with van der Waals surface area (Å²) in [7, 11) is 0. The maximum atomic E-state index is 12.3. The third kappa shape index (κ3) is 3.12. The van der Waals surface area contributed by atoms with Gasteiger partial charge < -0.3 is 10.4 Å². The number of aliphatic hydroxyl groups excluding tert-OH is 1. The minimum absolute atomic E-state index is 0.200. The van der Waals surface area contributed by atoms with Gasteiger partial charge in [-0.05, 0) is 43.0 Å². The molecule has 0 aliphatic heterocycles. The van der Waals surface area contributed by atoms with Crippen molar-refractivity contribution in [3.63, 3.8) is 0 Å². The third-order valence-corrected chi connectivity index (χ3v) is 3.02. The van der Waals surface area contributed by atoms with Crippen molar-refractivity contribution in [3.8, 4) is 0 Å². The van der Waals surface area contributed by atoms with Gasteiger partial charge in [0.15, 0.2) is 0 Å². The van der Waals surface area contributed by atoms with Crippen molar-refractivity contribution in [3.05, 3.63) is 29.8 Å². The smallest absolute Gasteiger partial charge is 0.393 e. The van der Waals surface area contributed by atoms with E-state index in [9.17, 15) is 13.2 Å². The van der Waals surface area contributed by atoms with Gasteiger partial charge in [0.1, 0.15) is 0 Å². The number of alkyl halides is 3. The fourth-order valence-corrected chi connectivity index (χ4v) is 1.91. The second kappa shape index (κ2) is 4.56. The molecule has 0 unspecified atom stereocenters. The molecule has 2 rings (SSSR count). The van der Waals surface area contributed by atoms with Gasteiger partial charge >= 0.3 is 6.18 Å². The van der Waals surface area contributed by atoms with Crippen LogP contribution in [0.5, 0.6) is 0 Å². The van der Waals surface area contributed by atoms with Crippen LogP contribution < -0.4 is 5.32 Å². The van der Waals surface area contributed by atoms with E-state index in [0.717, 1.165) is 25.0 Å². The van der Waals surface area contributed by atoms with Crippen molar-refractivity contribution in [1.29, 1.82) is 0 Å². The van der Waals surface area contributed by atoms with Crippen LogP contribution in [0.15, 0.2) is 24.3 Å². The average molecular weight is 245 g/mol. The van der Waals surface area contributed by atoms with Crippen molar-refractivity contribution in [2.45, 2.75) is 25.1 Å². The zero-order valence-electron chi connectivity index (χ0n) is 9.17. The van der Waals surface area contributed by atoms with Crippen molar-refractivity contribution >= 4 is 5.69 Å². The minimum Gasteiger partial charge on any atom is -0.393 e. The van der Waals surface area contributed by atoms with Gasteiger partial charge in [-0.15, -0.1) is 0 Å². The summed E-state index contributed by atoms with van der Waals surface area (Å²) in [6.07, 6.45) is -2.94. The second-order valence-corrected chi connectivity index (χ2v) is 4.45. The normalized spacial score (nSPS) is 24.2. The summed E-state index contributed by atoms with van der Waals surface area (Å²) in [6, 6.07) is 4.99. The van der Waals surface area contributed by atoms with Crippen LogP contribution in [-0.2, 0) is 6.18 Å². The molecule has 2 N–H and O–H groups in total. The highest BCUT2D eigenvalue weighted by Crippen LogP contribution is 2.30. The number of halogens is 3. The molecule has 0 atom stereocenters. The van der Waals surface area contributed by atoms with E-state index in [2.05, 4.69) is 5.32 Å². The van der Waals surface area contributed by atoms with Crippen molar-refractivity contribution < 1.29 is 18.3 Å². The van der Waals surface area contributed by atoms with Gasteiger partial charge in [0.25, 0.3) is 0 Å². The van der Waals surface area contributed by atoms with Crippen LogP contribution in [0, 0.1) is 5.92 Å². The van der Waals surface area contributed by atoms with E-state index in [4.69, 9.17) is 5.11 Å².